The number of unbranched alkanes of at least 4 members (excludes halogenated alkanes) is 25. The highest BCUT2D eigenvalue weighted by molar-refractivity contribution is 7.47. The predicted octanol–water partition coefficient (Wildman–Crippen LogP) is 22.9. The van der Waals surface area contributed by atoms with Gasteiger partial charge in [0.15, 0.2) is 12.2 Å². The molecule has 0 heterocycles. The first-order chi connectivity index (χ1) is 49.7. The molecule has 0 aromatic heterocycles. The van der Waals surface area contributed by atoms with E-state index in [0.29, 0.717) is 25.7 Å². The van der Waals surface area contributed by atoms with Crippen molar-refractivity contribution in [3.63, 3.8) is 0 Å². The molecule has 0 aliphatic carbocycles. The van der Waals surface area contributed by atoms with Gasteiger partial charge in [-0.05, 0) is 161 Å². The molecule has 0 aromatic carbocycles. The first-order valence-corrected chi connectivity index (χ1v) is 42.4. The van der Waals surface area contributed by atoms with Gasteiger partial charge >= 0.3 is 39.5 Å². The van der Waals surface area contributed by atoms with Gasteiger partial charge in [0.2, 0.25) is 0 Å². The molecular weight excluding hydrogens is 1330 g/mol. The fourth-order valence-electron chi connectivity index (χ4n) is 10.0. The number of aliphatic hydroxyl groups excluding tert-OH is 1. The van der Waals surface area contributed by atoms with Crippen LogP contribution in [0.3, 0.4) is 0 Å². The summed E-state index contributed by atoms with van der Waals surface area (Å²) in [4.78, 5) is 73.0. The molecule has 17 nitrogen and oxygen atoms in total. The van der Waals surface area contributed by atoms with Crippen molar-refractivity contribution in [2.45, 2.75) is 329 Å². The quantitative estimate of drug-likeness (QED) is 0.0169. The molecule has 102 heavy (non-hydrogen) atoms. The molecule has 584 valence electrons. The molecule has 19 heteroatoms. The number of esters is 4. The molecule has 0 amide bonds. The summed E-state index contributed by atoms with van der Waals surface area (Å²) in [6.07, 6.45) is 82.9. The molecule has 0 saturated carbocycles. The largest absolute Gasteiger partial charge is 0.472 e. The molecule has 0 aliphatic heterocycles. The third-order valence-corrected chi connectivity index (χ3v) is 18.0. The van der Waals surface area contributed by atoms with Crippen LogP contribution in [0.4, 0.5) is 0 Å². The molecule has 0 fully saturated rings. The van der Waals surface area contributed by atoms with Crippen molar-refractivity contribution in [1.29, 1.82) is 0 Å². The Balaban J connectivity index is 5.41. The van der Waals surface area contributed by atoms with Gasteiger partial charge in [0.25, 0.3) is 0 Å². The third kappa shape index (κ3) is 73.5. The van der Waals surface area contributed by atoms with Gasteiger partial charge in [0, 0.05) is 25.7 Å². The summed E-state index contributed by atoms with van der Waals surface area (Å²) in [5.74, 6) is -2.26. The van der Waals surface area contributed by atoms with Gasteiger partial charge < -0.3 is 33.8 Å². The van der Waals surface area contributed by atoms with Crippen LogP contribution in [0.2, 0.25) is 0 Å². The summed E-state index contributed by atoms with van der Waals surface area (Å²) >= 11 is 0. The average Bonchev–Trinajstić information content (AvgIpc) is 0.924. The lowest BCUT2D eigenvalue weighted by Crippen LogP contribution is -2.30. The SMILES string of the molecule is CC/C=C\C/C=C\C/C=C\C/C=C\C/C=C\CCCCCC(=O)OCC(COP(=O)(O)OCC(O)COP(=O)(O)OCC(COC(=O)CCCCCCC/C=C\C/C=C\CCCCC)OC(=O)CCCCCCC/C=C\C/C=C\CCC)OC(=O)CCCCCCC/C=C\C/C=C\CCCCC. The Morgan fingerprint density at radius 3 is 0.833 bits per heavy atom. The number of ether oxygens (including phenoxy) is 4. The van der Waals surface area contributed by atoms with E-state index >= 15 is 0 Å². The van der Waals surface area contributed by atoms with Gasteiger partial charge in [0.1, 0.15) is 19.3 Å². The number of carbonyl (C=O) groups excluding carboxylic acids is 4. The molecule has 0 bridgehead atoms. The van der Waals surface area contributed by atoms with Crippen LogP contribution in [0.15, 0.2) is 134 Å². The van der Waals surface area contributed by atoms with E-state index in [1.54, 1.807) is 0 Å². The van der Waals surface area contributed by atoms with Crippen LogP contribution in [0.1, 0.15) is 310 Å². The second kappa shape index (κ2) is 74.5. The maximum absolute atomic E-state index is 13.1. The van der Waals surface area contributed by atoms with Crippen LogP contribution >= 0.6 is 15.6 Å². The Labute approximate surface area is 618 Å². The van der Waals surface area contributed by atoms with Crippen LogP contribution in [-0.4, -0.2) is 96.7 Å². The number of allylic oxidation sites excluding steroid dienone is 22. The van der Waals surface area contributed by atoms with E-state index in [2.05, 4.69) is 161 Å². The predicted molar refractivity (Wildman–Crippen MR) is 418 cm³/mol. The molecule has 0 spiro atoms. The van der Waals surface area contributed by atoms with Crippen molar-refractivity contribution in [3.05, 3.63) is 134 Å². The van der Waals surface area contributed by atoms with Crippen LogP contribution in [0.25, 0.3) is 0 Å². The zero-order chi connectivity index (χ0) is 74.6. The van der Waals surface area contributed by atoms with Gasteiger partial charge in [-0.15, -0.1) is 0 Å². The van der Waals surface area contributed by atoms with E-state index in [1.807, 2.05) is 0 Å². The van der Waals surface area contributed by atoms with Gasteiger partial charge in [0.05, 0.1) is 26.4 Å². The Kier molecular flexibility index (Phi) is 71.0. The number of hydrogen-bond acceptors (Lipinski definition) is 15. The van der Waals surface area contributed by atoms with Crippen molar-refractivity contribution in [2.75, 3.05) is 39.6 Å². The van der Waals surface area contributed by atoms with Gasteiger partial charge in [-0.2, -0.15) is 0 Å². The molecule has 5 unspecified atom stereocenters. The number of hydrogen-bond donors (Lipinski definition) is 3. The van der Waals surface area contributed by atoms with Crippen molar-refractivity contribution in [3.8, 4) is 0 Å². The molecule has 0 rings (SSSR count). The second-order valence-electron chi connectivity index (χ2n) is 25.9. The Morgan fingerprint density at radius 1 is 0.284 bits per heavy atom. The van der Waals surface area contributed by atoms with Crippen molar-refractivity contribution >= 4 is 39.5 Å². The number of rotatable bonds is 73. The highest BCUT2D eigenvalue weighted by Gasteiger charge is 2.30. The normalized spacial score (nSPS) is 14.6. The Morgan fingerprint density at radius 2 is 0.529 bits per heavy atom. The fraction of sp³-hybridized carbons (Fsp3) is 0.687. The monoisotopic (exact) mass is 1470 g/mol. The van der Waals surface area contributed by atoms with Crippen LogP contribution in [-0.2, 0) is 65.4 Å². The minimum Gasteiger partial charge on any atom is -0.462 e. The molecule has 5 atom stereocenters. The molecule has 0 saturated heterocycles. The number of aliphatic hydroxyl groups is 1. The van der Waals surface area contributed by atoms with Gasteiger partial charge in [-0.1, -0.05) is 258 Å². The molecule has 0 aliphatic rings. The van der Waals surface area contributed by atoms with Crippen molar-refractivity contribution in [2.24, 2.45) is 0 Å². The molecule has 0 aromatic rings. The maximum atomic E-state index is 13.1. The topological polar surface area (TPSA) is 237 Å². The summed E-state index contributed by atoms with van der Waals surface area (Å²) < 4.78 is 68.5. The Bertz CT molecular complexity index is 2460. The van der Waals surface area contributed by atoms with Gasteiger partial charge in [-0.3, -0.25) is 37.3 Å². The molecular formula is C83H140O17P2. The van der Waals surface area contributed by atoms with E-state index in [4.69, 9.17) is 37.0 Å². The smallest absolute Gasteiger partial charge is 0.462 e. The van der Waals surface area contributed by atoms with Crippen molar-refractivity contribution < 1.29 is 80.2 Å². The lowest BCUT2D eigenvalue weighted by atomic mass is 10.1. The van der Waals surface area contributed by atoms with E-state index in [9.17, 15) is 43.2 Å². The minimum atomic E-state index is -4.99. The Hall–Kier alpha value is -4.80. The zero-order valence-electron chi connectivity index (χ0n) is 63.7. The third-order valence-electron chi connectivity index (χ3n) is 16.0. The van der Waals surface area contributed by atoms with Gasteiger partial charge in [-0.25, -0.2) is 9.13 Å². The lowest BCUT2D eigenvalue weighted by Gasteiger charge is -2.21. The number of phosphoric acid groups is 2. The minimum absolute atomic E-state index is 0.0676. The van der Waals surface area contributed by atoms with Crippen LogP contribution in [0.5, 0.6) is 0 Å². The second-order valence-corrected chi connectivity index (χ2v) is 28.8. The van der Waals surface area contributed by atoms with E-state index in [1.165, 1.54) is 38.5 Å². The molecule has 0 radical (unpaired) electrons. The standard InChI is InChI=1S/C83H140O17P2/c1-5-9-13-17-21-25-29-33-36-37-38-39-42-45-48-52-56-60-64-68-81(86)94-74-79(100-83(88)70-66-62-58-54-50-46-41-35-31-27-23-19-15-11-7-3)76-98-102(91,92)96-72-77(84)71-95-101(89,90)97-75-78(99-82(87)69-65-61-57-53-49-43-32-28-24-20-16-12-8-4)73-93-80(85)67-63-59-55-51-47-44-40-34-30-26-22-18-14-10-6-2/h9,13,16,20-23,25-28,32-36,38-41,45,48,77-79,84H,5-8,10-12,14-15,17-19,24,29-31,37,42-44,46-47,49-76H2,1-4H3,(H,89,90)(H,91,92)/b13-9-,20-16-,25-21-,26-22-,27-23-,32-28-,36-33-,39-38-,40-34-,41-35-,48-45-. The van der Waals surface area contributed by atoms with Crippen LogP contribution in [0, 0.1) is 0 Å². The van der Waals surface area contributed by atoms with E-state index in [0.717, 1.165) is 193 Å². The lowest BCUT2D eigenvalue weighted by molar-refractivity contribution is -0.161. The fourth-order valence-corrected chi connectivity index (χ4v) is 11.6. The molecule has 3 N–H and O–H groups in total. The summed E-state index contributed by atoms with van der Waals surface area (Å²) in [7, 11) is -9.98. The first-order valence-electron chi connectivity index (χ1n) is 39.4. The summed E-state index contributed by atoms with van der Waals surface area (Å²) in [6, 6.07) is 0. The highest BCUT2D eigenvalue weighted by Crippen LogP contribution is 2.45. The van der Waals surface area contributed by atoms with E-state index in [-0.39, 0.29) is 25.7 Å². The maximum Gasteiger partial charge on any atom is 0.472 e. The first kappa shape index (κ1) is 97.2. The van der Waals surface area contributed by atoms with E-state index < -0.39 is 97.5 Å². The average molecular weight is 1470 g/mol. The summed E-state index contributed by atoms with van der Waals surface area (Å²) in [5, 5.41) is 10.6. The summed E-state index contributed by atoms with van der Waals surface area (Å²) in [5.41, 5.74) is 0. The zero-order valence-corrected chi connectivity index (χ0v) is 65.5. The highest BCUT2D eigenvalue weighted by atomic mass is 31.2. The van der Waals surface area contributed by atoms with Crippen LogP contribution < -0.4 is 0 Å². The number of phosphoric ester groups is 2. The van der Waals surface area contributed by atoms with Crippen molar-refractivity contribution in [1.82, 2.24) is 0 Å². The summed E-state index contributed by atoms with van der Waals surface area (Å²) in [6.45, 7) is 4.56. The number of carbonyl (C=O) groups is 4.